The summed E-state index contributed by atoms with van der Waals surface area (Å²) in [5.41, 5.74) is 0.0110. The fourth-order valence-electron chi connectivity index (χ4n) is 2.59. The Morgan fingerprint density at radius 1 is 1.38 bits per heavy atom. The zero-order valence-electron chi connectivity index (χ0n) is 11.7. The van der Waals surface area contributed by atoms with Crippen molar-refractivity contribution in [2.75, 3.05) is 6.54 Å². The number of benzene rings is 1. The summed E-state index contributed by atoms with van der Waals surface area (Å²) in [4.78, 5) is 11.1. The zero-order valence-corrected chi connectivity index (χ0v) is 14.7. The van der Waals surface area contributed by atoms with Crippen molar-refractivity contribution in [3.63, 3.8) is 0 Å². The van der Waals surface area contributed by atoms with E-state index >= 15 is 0 Å². The Morgan fingerprint density at radius 2 is 2.00 bits per heavy atom. The molecular weight excluding hydrogens is 405 g/mol. The Labute approximate surface area is 138 Å². The van der Waals surface area contributed by atoms with Crippen LogP contribution in [0.4, 0.5) is 0 Å². The molecule has 1 aliphatic rings. The van der Waals surface area contributed by atoms with Gasteiger partial charge in [0.15, 0.2) is 0 Å². The number of hydrogen-bond donors (Lipinski definition) is 2. The largest absolute Gasteiger partial charge is 0.478 e. The van der Waals surface area contributed by atoms with Gasteiger partial charge in [-0.3, -0.25) is 0 Å². The van der Waals surface area contributed by atoms with E-state index in [0.717, 1.165) is 25.7 Å². The van der Waals surface area contributed by atoms with Gasteiger partial charge in [0.2, 0.25) is 10.0 Å². The second kappa shape index (κ2) is 6.21. The van der Waals surface area contributed by atoms with Crippen LogP contribution in [0.2, 0.25) is 0 Å². The Bertz CT molecular complexity index is 651. The van der Waals surface area contributed by atoms with Crippen molar-refractivity contribution in [3.05, 3.63) is 27.3 Å². The van der Waals surface area contributed by atoms with Gasteiger partial charge in [0.1, 0.15) is 0 Å². The molecule has 0 unspecified atom stereocenters. The molecule has 1 fully saturated rings. The molecule has 21 heavy (non-hydrogen) atoms. The lowest BCUT2D eigenvalue weighted by Gasteiger charge is -2.23. The van der Waals surface area contributed by atoms with Crippen LogP contribution in [0.3, 0.4) is 0 Å². The highest BCUT2D eigenvalue weighted by Gasteiger charge is 2.30. The maximum atomic E-state index is 12.3. The first kappa shape index (κ1) is 16.7. The summed E-state index contributed by atoms with van der Waals surface area (Å²) >= 11 is 1.88. The summed E-state index contributed by atoms with van der Waals surface area (Å²) in [6.45, 7) is 2.48. The van der Waals surface area contributed by atoms with E-state index in [-0.39, 0.29) is 15.9 Å². The topological polar surface area (TPSA) is 83.5 Å². The Kier molecular flexibility index (Phi) is 4.94. The molecule has 2 rings (SSSR count). The van der Waals surface area contributed by atoms with Gasteiger partial charge in [-0.25, -0.2) is 17.9 Å². The minimum atomic E-state index is -3.68. The lowest BCUT2D eigenvalue weighted by molar-refractivity contribution is 0.0695. The molecule has 0 aromatic heterocycles. The van der Waals surface area contributed by atoms with Crippen molar-refractivity contribution in [1.29, 1.82) is 0 Å². The third-order valence-corrected chi connectivity index (χ3v) is 6.32. The standard InChI is InChI=1S/C14H18INO4S/c1-14(6-2-3-7-14)9-16-21(19,20)10-4-5-12(15)11(8-10)13(17)18/h4-5,8,16H,2-3,6-7,9H2,1H3,(H,17,18). The lowest BCUT2D eigenvalue weighted by atomic mass is 9.89. The van der Waals surface area contributed by atoms with E-state index in [1.165, 1.54) is 18.2 Å². The van der Waals surface area contributed by atoms with Crippen LogP contribution in [0.15, 0.2) is 23.1 Å². The molecule has 1 aliphatic carbocycles. The fraction of sp³-hybridized carbons (Fsp3) is 0.500. The van der Waals surface area contributed by atoms with Gasteiger partial charge in [0.05, 0.1) is 10.5 Å². The van der Waals surface area contributed by atoms with Gasteiger partial charge in [0, 0.05) is 10.1 Å². The van der Waals surface area contributed by atoms with Crippen LogP contribution in [0.25, 0.3) is 0 Å². The second-order valence-corrected chi connectivity index (χ2v) is 8.72. The maximum Gasteiger partial charge on any atom is 0.336 e. The average Bonchev–Trinajstić information content (AvgIpc) is 2.84. The van der Waals surface area contributed by atoms with Crippen molar-refractivity contribution in [1.82, 2.24) is 4.72 Å². The van der Waals surface area contributed by atoms with Crippen molar-refractivity contribution in [3.8, 4) is 0 Å². The van der Waals surface area contributed by atoms with Crippen molar-refractivity contribution >= 4 is 38.6 Å². The van der Waals surface area contributed by atoms with Crippen LogP contribution < -0.4 is 4.72 Å². The first-order valence-electron chi connectivity index (χ1n) is 6.76. The fourth-order valence-corrected chi connectivity index (χ4v) is 4.38. The molecule has 0 radical (unpaired) electrons. The molecule has 5 nitrogen and oxygen atoms in total. The number of hydrogen-bond acceptors (Lipinski definition) is 3. The summed E-state index contributed by atoms with van der Waals surface area (Å²) < 4.78 is 27.8. The van der Waals surface area contributed by atoms with Gasteiger partial charge in [-0.15, -0.1) is 0 Å². The number of carboxylic acids is 1. The van der Waals surface area contributed by atoms with Gasteiger partial charge >= 0.3 is 5.97 Å². The molecule has 0 aliphatic heterocycles. The predicted octanol–water partition coefficient (Wildman–Crippen LogP) is 2.85. The van der Waals surface area contributed by atoms with E-state index in [0.29, 0.717) is 10.1 Å². The van der Waals surface area contributed by atoms with Gasteiger partial charge in [0.25, 0.3) is 0 Å². The monoisotopic (exact) mass is 423 g/mol. The van der Waals surface area contributed by atoms with Gasteiger partial charge in [-0.1, -0.05) is 19.8 Å². The molecule has 0 saturated heterocycles. The quantitative estimate of drug-likeness (QED) is 0.714. The number of sulfonamides is 1. The predicted molar refractivity (Wildman–Crippen MR) is 87.9 cm³/mol. The van der Waals surface area contributed by atoms with E-state index in [1.54, 1.807) is 0 Å². The highest BCUT2D eigenvalue weighted by molar-refractivity contribution is 14.1. The third-order valence-electron chi connectivity index (χ3n) is 3.98. The first-order chi connectivity index (χ1) is 9.73. The van der Waals surface area contributed by atoms with Crippen LogP contribution in [0.5, 0.6) is 0 Å². The summed E-state index contributed by atoms with van der Waals surface area (Å²) in [5.74, 6) is -1.13. The molecule has 0 heterocycles. The molecule has 1 aromatic carbocycles. The molecule has 0 spiro atoms. The van der Waals surface area contributed by atoms with Crippen molar-refractivity contribution in [2.24, 2.45) is 5.41 Å². The summed E-state index contributed by atoms with van der Waals surface area (Å²) in [5, 5.41) is 9.08. The van der Waals surface area contributed by atoms with E-state index in [2.05, 4.69) is 11.6 Å². The van der Waals surface area contributed by atoms with Gasteiger partial charge < -0.3 is 5.11 Å². The Hall–Kier alpha value is -0.670. The van der Waals surface area contributed by atoms with Crippen LogP contribution in [-0.2, 0) is 10.0 Å². The number of carbonyl (C=O) groups is 1. The summed E-state index contributed by atoms with van der Waals surface area (Å²) in [6.07, 6.45) is 4.29. The molecule has 2 N–H and O–H groups in total. The van der Waals surface area contributed by atoms with Crippen LogP contribution >= 0.6 is 22.6 Å². The highest BCUT2D eigenvalue weighted by atomic mass is 127. The average molecular weight is 423 g/mol. The Morgan fingerprint density at radius 3 is 2.57 bits per heavy atom. The zero-order chi connectivity index (χ0) is 15.7. The maximum absolute atomic E-state index is 12.3. The molecule has 0 amide bonds. The molecular formula is C14H18INO4S. The van der Waals surface area contributed by atoms with Crippen molar-refractivity contribution in [2.45, 2.75) is 37.5 Å². The lowest BCUT2D eigenvalue weighted by Crippen LogP contribution is -2.34. The van der Waals surface area contributed by atoms with E-state index in [1.807, 2.05) is 22.6 Å². The SMILES string of the molecule is CC1(CNS(=O)(=O)c2ccc(I)c(C(=O)O)c2)CCCC1. The minimum Gasteiger partial charge on any atom is -0.478 e. The highest BCUT2D eigenvalue weighted by Crippen LogP contribution is 2.37. The van der Waals surface area contributed by atoms with Crippen molar-refractivity contribution < 1.29 is 18.3 Å². The number of rotatable bonds is 5. The second-order valence-electron chi connectivity index (χ2n) is 5.79. The molecule has 1 saturated carbocycles. The minimum absolute atomic E-state index is 0.00177. The van der Waals surface area contributed by atoms with Crippen LogP contribution in [0, 0.1) is 8.99 Å². The third kappa shape index (κ3) is 3.95. The molecule has 0 atom stereocenters. The van der Waals surface area contributed by atoms with E-state index in [4.69, 9.17) is 5.11 Å². The number of nitrogens with one attached hydrogen (secondary N) is 1. The Balaban J connectivity index is 2.19. The van der Waals surface area contributed by atoms with E-state index < -0.39 is 16.0 Å². The summed E-state index contributed by atoms with van der Waals surface area (Å²) in [7, 11) is -3.68. The van der Waals surface area contributed by atoms with Gasteiger partial charge in [-0.05, 0) is 59.0 Å². The van der Waals surface area contributed by atoms with Crippen LogP contribution in [0.1, 0.15) is 43.0 Å². The van der Waals surface area contributed by atoms with E-state index in [9.17, 15) is 13.2 Å². The molecule has 0 bridgehead atoms. The van der Waals surface area contributed by atoms with Crippen LogP contribution in [-0.4, -0.2) is 26.0 Å². The summed E-state index contributed by atoms with van der Waals surface area (Å²) in [6, 6.07) is 4.16. The first-order valence-corrected chi connectivity index (χ1v) is 9.32. The number of carboxylic acid groups (broad SMARTS) is 1. The molecule has 7 heteroatoms. The molecule has 116 valence electrons. The van der Waals surface area contributed by atoms with Gasteiger partial charge in [-0.2, -0.15) is 0 Å². The number of halogens is 1. The number of aromatic carboxylic acids is 1. The normalized spacial score (nSPS) is 17.8. The molecule has 1 aromatic rings. The smallest absolute Gasteiger partial charge is 0.336 e.